The molecule has 1 aromatic rings. The van der Waals surface area contributed by atoms with E-state index in [2.05, 4.69) is 0 Å². The van der Waals surface area contributed by atoms with Crippen molar-refractivity contribution in [2.24, 2.45) is 5.92 Å². The van der Waals surface area contributed by atoms with Gasteiger partial charge < -0.3 is 14.6 Å². The molecular weight excluding hydrogens is 236 g/mol. The summed E-state index contributed by atoms with van der Waals surface area (Å²) in [6.07, 6.45) is -0.209. The van der Waals surface area contributed by atoms with E-state index in [0.717, 1.165) is 0 Å². The third-order valence-corrected chi connectivity index (χ3v) is 2.60. The first-order valence-corrected chi connectivity index (χ1v) is 5.48. The van der Waals surface area contributed by atoms with E-state index in [0.29, 0.717) is 17.1 Å². The second-order valence-electron chi connectivity index (χ2n) is 3.90. The van der Waals surface area contributed by atoms with Crippen molar-refractivity contribution in [3.05, 3.63) is 23.8 Å². The van der Waals surface area contributed by atoms with Crippen molar-refractivity contribution in [3.63, 3.8) is 0 Å². The molecule has 1 rings (SSSR count). The summed E-state index contributed by atoms with van der Waals surface area (Å²) in [7, 11) is 2.92. The van der Waals surface area contributed by atoms with E-state index >= 15 is 0 Å². The lowest BCUT2D eigenvalue weighted by atomic mass is 9.95. The van der Waals surface area contributed by atoms with Crippen molar-refractivity contribution >= 4 is 11.8 Å². The number of methoxy groups -OCH3 is 2. The minimum absolute atomic E-state index is 0.209. The van der Waals surface area contributed by atoms with Gasteiger partial charge in [-0.25, -0.2) is 0 Å². The SMILES string of the molecule is COc1cccc(C(=O)C(C)CC(=O)O)c1OC. The number of aliphatic carboxylic acids is 1. The van der Waals surface area contributed by atoms with Crippen LogP contribution in [0, 0.1) is 5.92 Å². The number of carboxylic acid groups (broad SMARTS) is 1. The minimum atomic E-state index is -1.00. The molecule has 0 amide bonds. The minimum Gasteiger partial charge on any atom is -0.493 e. The molecule has 0 aliphatic rings. The average Bonchev–Trinajstić information content (AvgIpc) is 2.35. The Bertz CT molecular complexity index is 453. The summed E-state index contributed by atoms with van der Waals surface area (Å²) >= 11 is 0. The Morgan fingerprint density at radius 3 is 2.44 bits per heavy atom. The maximum atomic E-state index is 12.1. The van der Waals surface area contributed by atoms with Gasteiger partial charge in [-0.1, -0.05) is 13.0 Å². The number of Topliss-reactive ketones (excluding diaryl/α,β-unsaturated/α-hetero) is 1. The Balaban J connectivity index is 3.08. The van der Waals surface area contributed by atoms with Crippen molar-refractivity contribution in [2.75, 3.05) is 14.2 Å². The topological polar surface area (TPSA) is 72.8 Å². The molecule has 0 spiro atoms. The molecular formula is C13H16O5. The smallest absolute Gasteiger partial charge is 0.304 e. The second kappa shape index (κ2) is 6.05. The highest BCUT2D eigenvalue weighted by atomic mass is 16.5. The standard InChI is InChI=1S/C13H16O5/c1-8(7-11(14)15)12(16)9-5-4-6-10(17-2)13(9)18-3/h4-6,8H,7H2,1-3H3,(H,14,15). The van der Waals surface area contributed by atoms with Gasteiger partial charge in [-0.2, -0.15) is 0 Å². The molecule has 0 bridgehead atoms. The summed E-state index contributed by atoms with van der Waals surface area (Å²) in [5.41, 5.74) is 0.339. The first kappa shape index (κ1) is 14.0. The molecule has 18 heavy (non-hydrogen) atoms. The number of ether oxygens (including phenoxy) is 2. The number of carbonyl (C=O) groups is 2. The number of carboxylic acids is 1. The molecule has 0 aromatic heterocycles. The summed E-state index contributed by atoms with van der Waals surface area (Å²) in [6.45, 7) is 1.58. The first-order chi connectivity index (χ1) is 8.51. The summed E-state index contributed by atoms with van der Waals surface area (Å²) in [5.74, 6) is -1.09. The van der Waals surface area contributed by atoms with Crippen LogP contribution in [0.25, 0.3) is 0 Å². The van der Waals surface area contributed by atoms with Crippen molar-refractivity contribution in [3.8, 4) is 11.5 Å². The summed E-state index contributed by atoms with van der Waals surface area (Å²) in [4.78, 5) is 22.7. The Hall–Kier alpha value is -2.04. The van der Waals surface area contributed by atoms with Crippen molar-refractivity contribution < 1.29 is 24.2 Å². The van der Waals surface area contributed by atoms with E-state index in [4.69, 9.17) is 14.6 Å². The summed E-state index contributed by atoms with van der Waals surface area (Å²) in [5, 5.41) is 8.70. The fraction of sp³-hybridized carbons (Fsp3) is 0.385. The molecule has 0 saturated heterocycles. The monoisotopic (exact) mass is 252 g/mol. The molecule has 0 radical (unpaired) electrons. The third-order valence-electron chi connectivity index (χ3n) is 2.60. The van der Waals surface area contributed by atoms with Gasteiger partial charge in [0.1, 0.15) is 0 Å². The van der Waals surface area contributed by atoms with Gasteiger partial charge >= 0.3 is 5.97 Å². The maximum absolute atomic E-state index is 12.1. The highest BCUT2D eigenvalue weighted by Gasteiger charge is 2.23. The zero-order valence-corrected chi connectivity index (χ0v) is 10.6. The van der Waals surface area contributed by atoms with Crippen LogP contribution in [0.2, 0.25) is 0 Å². The van der Waals surface area contributed by atoms with Gasteiger partial charge in [0.2, 0.25) is 0 Å². The van der Waals surface area contributed by atoms with Gasteiger partial charge in [0.05, 0.1) is 26.2 Å². The van der Waals surface area contributed by atoms with Crippen molar-refractivity contribution in [1.82, 2.24) is 0 Å². The highest BCUT2D eigenvalue weighted by molar-refractivity contribution is 6.02. The van der Waals surface area contributed by atoms with Gasteiger partial charge in [0.15, 0.2) is 17.3 Å². The number of hydrogen-bond donors (Lipinski definition) is 1. The largest absolute Gasteiger partial charge is 0.493 e. The number of carbonyl (C=O) groups excluding carboxylic acids is 1. The molecule has 1 aromatic carbocycles. The lowest BCUT2D eigenvalue weighted by Gasteiger charge is -2.14. The number of para-hydroxylation sites is 1. The van der Waals surface area contributed by atoms with Gasteiger partial charge in [-0.3, -0.25) is 9.59 Å². The molecule has 0 heterocycles. The Morgan fingerprint density at radius 1 is 1.28 bits per heavy atom. The van der Waals surface area contributed by atoms with E-state index in [9.17, 15) is 9.59 Å². The number of benzene rings is 1. The highest BCUT2D eigenvalue weighted by Crippen LogP contribution is 2.32. The van der Waals surface area contributed by atoms with Crippen LogP contribution in [-0.4, -0.2) is 31.1 Å². The van der Waals surface area contributed by atoms with Gasteiger partial charge in [-0.05, 0) is 12.1 Å². The van der Waals surface area contributed by atoms with Gasteiger partial charge in [0, 0.05) is 5.92 Å². The maximum Gasteiger partial charge on any atom is 0.304 e. The van der Waals surface area contributed by atoms with Crippen LogP contribution in [0.1, 0.15) is 23.7 Å². The van der Waals surface area contributed by atoms with Crippen LogP contribution in [0.4, 0.5) is 0 Å². The van der Waals surface area contributed by atoms with Crippen LogP contribution in [0.3, 0.4) is 0 Å². The zero-order chi connectivity index (χ0) is 13.7. The molecule has 1 N–H and O–H groups in total. The van der Waals surface area contributed by atoms with Crippen LogP contribution in [-0.2, 0) is 4.79 Å². The summed E-state index contributed by atoms with van der Waals surface area (Å²) in [6, 6.07) is 4.95. The number of rotatable bonds is 6. The average molecular weight is 252 g/mol. The fourth-order valence-corrected chi connectivity index (χ4v) is 1.70. The van der Waals surface area contributed by atoms with Crippen LogP contribution in [0.5, 0.6) is 11.5 Å². The van der Waals surface area contributed by atoms with Crippen LogP contribution in [0.15, 0.2) is 18.2 Å². The molecule has 98 valence electrons. The van der Waals surface area contributed by atoms with E-state index in [1.165, 1.54) is 14.2 Å². The normalized spacial score (nSPS) is 11.7. The van der Waals surface area contributed by atoms with Crippen molar-refractivity contribution in [1.29, 1.82) is 0 Å². The predicted molar refractivity (Wildman–Crippen MR) is 65.3 cm³/mol. The van der Waals surface area contributed by atoms with Crippen molar-refractivity contribution in [2.45, 2.75) is 13.3 Å². The fourth-order valence-electron chi connectivity index (χ4n) is 1.70. The molecule has 0 aliphatic carbocycles. The molecule has 5 nitrogen and oxygen atoms in total. The van der Waals surface area contributed by atoms with E-state index in [-0.39, 0.29) is 12.2 Å². The molecule has 0 saturated carbocycles. The zero-order valence-electron chi connectivity index (χ0n) is 10.6. The Labute approximate surface area is 105 Å². The Morgan fingerprint density at radius 2 is 1.94 bits per heavy atom. The Kier molecular flexibility index (Phi) is 4.71. The van der Waals surface area contributed by atoms with Crippen LogP contribution >= 0.6 is 0 Å². The molecule has 1 unspecified atom stereocenters. The second-order valence-corrected chi connectivity index (χ2v) is 3.90. The molecule has 0 fully saturated rings. The molecule has 1 atom stereocenters. The lowest BCUT2D eigenvalue weighted by molar-refractivity contribution is -0.137. The molecule has 0 aliphatic heterocycles. The van der Waals surface area contributed by atoms with E-state index in [1.807, 2.05) is 0 Å². The number of hydrogen-bond acceptors (Lipinski definition) is 4. The van der Waals surface area contributed by atoms with E-state index in [1.54, 1.807) is 25.1 Å². The van der Waals surface area contributed by atoms with Gasteiger partial charge in [0.25, 0.3) is 0 Å². The van der Waals surface area contributed by atoms with E-state index < -0.39 is 11.9 Å². The number of ketones is 1. The quantitative estimate of drug-likeness (QED) is 0.784. The van der Waals surface area contributed by atoms with Gasteiger partial charge in [-0.15, -0.1) is 0 Å². The van der Waals surface area contributed by atoms with Crippen LogP contribution < -0.4 is 9.47 Å². The third kappa shape index (κ3) is 3.00. The first-order valence-electron chi connectivity index (χ1n) is 5.48. The predicted octanol–water partition coefficient (Wildman–Crippen LogP) is 2.00. The summed E-state index contributed by atoms with van der Waals surface area (Å²) < 4.78 is 10.2. The molecule has 5 heteroatoms. The lowest BCUT2D eigenvalue weighted by Crippen LogP contribution is -2.16.